The maximum absolute atomic E-state index is 6.02. The first-order chi connectivity index (χ1) is 8.24. The maximum atomic E-state index is 6.02. The van der Waals surface area contributed by atoms with Gasteiger partial charge in [-0.25, -0.2) is 4.68 Å². The van der Waals surface area contributed by atoms with Crippen LogP contribution < -0.4 is 5.73 Å². The molecule has 1 aromatic heterocycles. The van der Waals surface area contributed by atoms with E-state index >= 15 is 0 Å². The lowest BCUT2D eigenvalue weighted by atomic mass is 10.1. The molecule has 2 N–H and O–H groups in total. The highest BCUT2D eigenvalue weighted by Gasteiger charge is 2.17. The number of methoxy groups -OCH3 is 1. The Balaban J connectivity index is 2.39. The zero-order valence-electron chi connectivity index (χ0n) is 10.1. The zero-order valence-corrected chi connectivity index (χ0v) is 10.1. The quantitative estimate of drug-likeness (QED) is 0.875. The standard InChI is InChI=1S/C13H17N3O/c1-10-8-15-16(13(10)14)12(9-17-2)11-6-4-3-5-7-11/h3-8,12H,9,14H2,1-2H3. The highest BCUT2D eigenvalue weighted by Crippen LogP contribution is 2.22. The van der Waals surface area contributed by atoms with E-state index in [1.807, 2.05) is 29.8 Å². The molecule has 0 spiro atoms. The molecule has 1 aromatic carbocycles. The number of nitrogens with zero attached hydrogens (tertiary/aromatic N) is 2. The number of ether oxygens (including phenoxy) is 1. The molecule has 0 aliphatic heterocycles. The minimum atomic E-state index is 0.0231. The molecule has 0 aliphatic carbocycles. The van der Waals surface area contributed by atoms with Crippen LogP contribution in [-0.2, 0) is 4.74 Å². The van der Waals surface area contributed by atoms with Crippen LogP contribution in [0.3, 0.4) is 0 Å². The smallest absolute Gasteiger partial charge is 0.125 e. The van der Waals surface area contributed by atoms with Crippen LogP contribution in [0.15, 0.2) is 36.5 Å². The van der Waals surface area contributed by atoms with E-state index in [1.54, 1.807) is 13.3 Å². The second-order valence-electron chi connectivity index (χ2n) is 4.04. The number of hydrogen-bond acceptors (Lipinski definition) is 3. The molecule has 4 nitrogen and oxygen atoms in total. The van der Waals surface area contributed by atoms with Crippen LogP contribution in [0.25, 0.3) is 0 Å². The largest absolute Gasteiger partial charge is 0.384 e. The highest BCUT2D eigenvalue weighted by molar-refractivity contribution is 5.39. The van der Waals surface area contributed by atoms with E-state index < -0.39 is 0 Å². The molecule has 1 unspecified atom stereocenters. The average molecular weight is 231 g/mol. The Hall–Kier alpha value is -1.81. The predicted octanol–water partition coefficient (Wildman–Crippen LogP) is 2.01. The average Bonchev–Trinajstić information content (AvgIpc) is 2.69. The van der Waals surface area contributed by atoms with Crippen LogP contribution in [0.4, 0.5) is 5.82 Å². The first kappa shape index (κ1) is 11.7. The summed E-state index contributed by atoms with van der Waals surface area (Å²) in [6.07, 6.45) is 1.78. The Morgan fingerprint density at radius 3 is 2.59 bits per heavy atom. The van der Waals surface area contributed by atoms with Crippen LogP contribution in [-0.4, -0.2) is 23.5 Å². The van der Waals surface area contributed by atoms with Crippen molar-refractivity contribution in [2.24, 2.45) is 0 Å². The molecule has 0 saturated carbocycles. The van der Waals surface area contributed by atoms with Gasteiger partial charge >= 0.3 is 0 Å². The first-order valence-electron chi connectivity index (χ1n) is 5.57. The molecule has 4 heteroatoms. The summed E-state index contributed by atoms with van der Waals surface area (Å²) in [6, 6.07) is 10.1. The van der Waals surface area contributed by atoms with Gasteiger partial charge in [0.15, 0.2) is 0 Å². The van der Waals surface area contributed by atoms with Crippen molar-refractivity contribution in [1.29, 1.82) is 0 Å². The van der Waals surface area contributed by atoms with Crippen LogP contribution in [0.1, 0.15) is 17.2 Å². The molecular formula is C13H17N3O. The summed E-state index contributed by atoms with van der Waals surface area (Å²) in [7, 11) is 1.68. The third-order valence-electron chi connectivity index (χ3n) is 2.83. The molecule has 0 fully saturated rings. The molecule has 0 amide bonds. The summed E-state index contributed by atoms with van der Waals surface area (Å²) >= 11 is 0. The van der Waals surface area contributed by atoms with E-state index in [9.17, 15) is 0 Å². The number of nitrogens with two attached hydrogens (primary N) is 1. The van der Waals surface area contributed by atoms with Crippen molar-refractivity contribution in [3.63, 3.8) is 0 Å². The normalized spacial score (nSPS) is 12.6. The fourth-order valence-electron chi connectivity index (χ4n) is 1.85. The van der Waals surface area contributed by atoms with Crippen molar-refractivity contribution in [1.82, 2.24) is 9.78 Å². The van der Waals surface area contributed by atoms with E-state index in [0.717, 1.165) is 11.1 Å². The summed E-state index contributed by atoms with van der Waals surface area (Å²) in [5, 5.41) is 4.32. The van der Waals surface area contributed by atoms with Gasteiger partial charge in [-0.1, -0.05) is 30.3 Å². The zero-order chi connectivity index (χ0) is 12.3. The van der Waals surface area contributed by atoms with Crippen molar-refractivity contribution in [2.45, 2.75) is 13.0 Å². The Kier molecular flexibility index (Phi) is 3.44. The molecule has 0 saturated heterocycles. The van der Waals surface area contributed by atoms with Crippen molar-refractivity contribution in [3.05, 3.63) is 47.7 Å². The van der Waals surface area contributed by atoms with Crippen molar-refractivity contribution >= 4 is 5.82 Å². The fraction of sp³-hybridized carbons (Fsp3) is 0.308. The molecule has 90 valence electrons. The fourth-order valence-corrected chi connectivity index (χ4v) is 1.85. The molecular weight excluding hydrogens is 214 g/mol. The van der Waals surface area contributed by atoms with Gasteiger partial charge in [0.2, 0.25) is 0 Å². The monoisotopic (exact) mass is 231 g/mol. The topological polar surface area (TPSA) is 53.1 Å². The molecule has 2 rings (SSSR count). The Morgan fingerprint density at radius 2 is 2.06 bits per heavy atom. The van der Waals surface area contributed by atoms with Crippen molar-refractivity contribution in [3.8, 4) is 0 Å². The van der Waals surface area contributed by atoms with Crippen LogP contribution in [0, 0.1) is 6.92 Å². The number of aryl methyl sites for hydroxylation is 1. The molecule has 1 heterocycles. The summed E-state index contributed by atoms with van der Waals surface area (Å²) in [5.74, 6) is 0.691. The third kappa shape index (κ3) is 2.31. The Labute approximate surface area is 101 Å². The lowest BCUT2D eigenvalue weighted by Gasteiger charge is -2.18. The van der Waals surface area contributed by atoms with Crippen LogP contribution >= 0.6 is 0 Å². The lowest BCUT2D eigenvalue weighted by Crippen LogP contribution is -2.19. The van der Waals surface area contributed by atoms with E-state index in [1.165, 1.54) is 0 Å². The predicted molar refractivity (Wildman–Crippen MR) is 67.8 cm³/mol. The van der Waals surface area contributed by atoms with Gasteiger partial charge in [0.05, 0.1) is 12.8 Å². The number of anilines is 1. The van der Waals surface area contributed by atoms with Crippen LogP contribution in [0.2, 0.25) is 0 Å². The van der Waals surface area contributed by atoms with Crippen molar-refractivity contribution in [2.75, 3.05) is 19.5 Å². The number of benzene rings is 1. The number of nitrogen functional groups attached to an aromatic ring is 1. The molecule has 17 heavy (non-hydrogen) atoms. The summed E-state index contributed by atoms with van der Waals surface area (Å²) in [6.45, 7) is 2.50. The molecule has 2 aromatic rings. The Bertz CT molecular complexity index is 479. The second-order valence-corrected chi connectivity index (χ2v) is 4.04. The van der Waals surface area contributed by atoms with E-state index in [0.29, 0.717) is 12.4 Å². The number of hydrogen-bond donors (Lipinski definition) is 1. The van der Waals surface area contributed by atoms with Gasteiger partial charge in [-0.3, -0.25) is 0 Å². The van der Waals surface area contributed by atoms with E-state index in [2.05, 4.69) is 17.2 Å². The summed E-state index contributed by atoms with van der Waals surface area (Å²) < 4.78 is 7.07. The van der Waals surface area contributed by atoms with Gasteiger partial charge in [0.1, 0.15) is 11.9 Å². The van der Waals surface area contributed by atoms with Gasteiger partial charge in [-0.15, -0.1) is 0 Å². The molecule has 0 radical (unpaired) electrons. The SMILES string of the molecule is COCC(c1ccccc1)n1ncc(C)c1N. The van der Waals surface area contributed by atoms with Gasteiger partial charge in [0.25, 0.3) is 0 Å². The summed E-state index contributed by atoms with van der Waals surface area (Å²) in [4.78, 5) is 0. The second kappa shape index (κ2) is 5.01. The van der Waals surface area contributed by atoms with Gasteiger partial charge in [-0.2, -0.15) is 5.10 Å². The molecule has 0 aliphatic rings. The minimum Gasteiger partial charge on any atom is -0.384 e. The minimum absolute atomic E-state index is 0.0231. The van der Waals surface area contributed by atoms with E-state index in [4.69, 9.17) is 10.5 Å². The van der Waals surface area contributed by atoms with Gasteiger partial charge < -0.3 is 10.5 Å². The Morgan fingerprint density at radius 1 is 1.35 bits per heavy atom. The third-order valence-corrected chi connectivity index (χ3v) is 2.83. The first-order valence-corrected chi connectivity index (χ1v) is 5.57. The van der Waals surface area contributed by atoms with E-state index in [-0.39, 0.29) is 6.04 Å². The molecule has 0 bridgehead atoms. The lowest BCUT2D eigenvalue weighted by molar-refractivity contribution is 0.165. The highest BCUT2D eigenvalue weighted by atomic mass is 16.5. The van der Waals surface area contributed by atoms with Crippen LogP contribution in [0.5, 0.6) is 0 Å². The number of rotatable bonds is 4. The molecule has 1 atom stereocenters. The van der Waals surface area contributed by atoms with Gasteiger partial charge in [-0.05, 0) is 12.5 Å². The summed E-state index contributed by atoms with van der Waals surface area (Å²) in [5.41, 5.74) is 8.15. The van der Waals surface area contributed by atoms with Crippen molar-refractivity contribution < 1.29 is 4.74 Å². The number of aromatic nitrogens is 2. The maximum Gasteiger partial charge on any atom is 0.125 e. The van der Waals surface area contributed by atoms with Gasteiger partial charge in [0, 0.05) is 12.7 Å².